The number of aromatic amines is 1. The lowest BCUT2D eigenvalue weighted by Gasteiger charge is -2.40. The second-order valence-corrected chi connectivity index (χ2v) is 8.66. The van der Waals surface area contributed by atoms with Gasteiger partial charge in [0.15, 0.2) is 0 Å². The number of nitrogens with zero attached hydrogens (tertiary/aromatic N) is 4. The van der Waals surface area contributed by atoms with E-state index in [1.165, 1.54) is 6.42 Å². The average Bonchev–Trinajstić information content (AvgIpc) is 3.17. The predicted molar refractivity (Wildman–Crippen MR) is 124 cm³/mol. The maximum Gasteiger partial charge on any atom is 0.131 e. The molecule has 1 fully saturated rings. The predicted octanol–water partition coefficient (Wildman–Crippen LogP) is 5.81. The van der Waals surface area contributed by atoms with Crippen LogP contribution in [0.25, 0.3) is 22.2 Å². The molecule has 0 aliphatic carbocycles. The first-order valence-corrected chi connectivity index (χ1v) is 10.9. The van der Waals surface area contributed by atoms with Gasteiger partial charge in [-0.05, 0) is 50.1 Å². The number of aromatic nitrogens is 4. The quantitative estimate of drug-likeness (QED) is 0.412. The minimum absolute atomic E-state index is 0.252. The van der Waals surface area contributed by atoms with Gasteiger partial charge in [-0.1, -0.05) is 23.2 Å². The second-order valence-electron chi connectivity index (χ2n) is 7.85. The topological polar surface area (TPSA) is 66.9 Å². The molecule has 0 spiro atoms. The number of nitrogens with one attached hydrogen (secondary N) is 1. The summed E-state index contributed by atoms with van der Waals surface area (Å²) in [6.45, 7) is 5.64. The van der Waals surface area contributed by atoms with Crippen LogP contribution in [-0.2, 0) is 6.61 Å². The maximum atomic E-state index is 6.20. The Kier molecular flexibility index (Phi) is 5.20. The Labute approximate surface area is 190 Å². The third-order valence-electron chi connectivity index (χ3n) is 5.79. The molecule has 3 aromatic heterocycles. The van der Waals surface area contributed by atoms with Gasteiger partial charge in [-0.25, -0.2) is 4.98 Å². The van der Waals surface area contributed by atoms with Crippen molar-refractivity contribution in [3.05, 3.63) is 64.0 Å². The van der Waals surface area contributed by atoms with Crippen LogP contribution in [0.3, 0.4) is 0 Å². The van der Waals surface area contributed by atoms with Crippen LogP contribution in [0.5, 0.6) is 5.75 Å². The zero-order valence-corrected chi connectivity index (χ0v) is 18.7. The smallest absolute Gasteiger partial charge is 0.131 e. The molecule has 6 nitrogen and oxygen atoms in total. The Morgan fingerprint density at radius 2 is 1.97 bits per heavy atom. The van der Waals surface area contributed by atoms with Crippen LogP contribution >= 0.6 is 23.2 Å². The second kappa shape index (κ2) is 8.02. The summed E-state index contributed by atoms with van der Waals surface area (Å²) in [4.78, 5) is 11.0. The Balaban J connectivity index is 1.43. The number of anilines is 1. The minimum Gasteiger partial charge on any atom is -0.489 e. The van der Waals surface area contributed by atoms with E-state index in [2.05, 4.69) is 40.0 Å². The lowest BCUT2D eigenvalue weighted by molar-refractivity contribution is 0.306. The van der Waals surface area contributed by atoms with Gasteiger partial charge in [0.1, 0.15) is 23.9 Å². The third-order valence-corrected chi connectivity index (χ3v) is 6.44. The summed E-state index contributed by atoms with van der Waals surface area (Å²) in [6, 6.07) is 8.51. The molecule has 158 valence electrons. The van der Waals surface area contributed by atoms with Crippen molar-refractivity contribution in [1.82, 2.24) is 20.2 Å². The molecule has 1 aliphatic heterocycles. The molecule has 4 heterocycles. The van der Waals surface area contributed by atoms with Crippen molar-refractivity contribution in [2.24, 2.45) is 0 Å². The van der Waals surface area contributed by atoms with Gasteiger partial charge in [0.2, 0.25) is 0 Å². The van der Waals surface area contributed by atoms with Crippen molar-refractivity contribution in [2.75, 3.05) is 11.4 Å². The largest absolute Gasteiger partial charge is 0.489 e. The zero-order valence-electron chi connectivity index (χ0n) is 17.2. The average molecular weight is 454 g/mol. The lowest BCUT2D eigenvalue weighted by atomic mass is 10.0. The molecule has 8 heteroatoms. The maximum absolute atomic E-state index is 6.20. The number of aryl methyl sites for hydroxylation is 1. The van der Waals surface area contributed by atoms with Crippen LogP contribution in [0.1, 0.15) is 24.5 Å². The van der Waals surface area contributed by atoms with E-state index in [9.17, 15) is 0 Å². The molecule has 1 unspecified atom stereocenters. The molecule has 0 saturated carbocycles. The van der Waals surface area contributed by atoms with Gasteiger partial charge in [0.05, 0.1) is 15.6 Å². The molecular weight excluding hydrogens is 433 g/mol. The Morgan fingerprint density at radius 3 is 2.65 bits per heavy atom. The summed E-state index contributed by atoms with van der Waals surface area (Å²) >= 11 is 12.4. The van der Waals surface area contributed by atoms with Crippen molar-refractivity contribution in [2.45, 2.75) is 32.9 Å². The molecule has 1 aliphatic rings. The van der Waals surface area contributed by atoms with Crippen molar-refractivity contribution in [3.63, 3.8) is 0 Å². The van der Waals surface area contributed by atoms with Gasteiger partial charge in [-0.2, -0.15) is 5.10 Å². The monoisotopic (exact) mass is 453 g/mol. The fraction of sp³-hybridized carbons (Fsp3) is 0.261. The number of H-pyrrole nitrogens is 1. The Hall–Kier alpha value is -2.83. The molecule has 0 bridgehead atoms. The minimum atomic E-state index is 0.252. The fourth-order valence-corrected chi connectivity index (χ4v) is 4.34. The molecule has 1 aromatic carbocycles. The Morgan fingerprint density at radius 1 is 1.16 bits per heavy atom. The van der Waals surface area contributed by atoms with Crippen molar-refractivity contribution in [3.8, 4) is 17.0 Å². The number of fused-ring (bicyclic) bond motifs is 1. The molecule has 31 heavy (non-hydrogen) atoms. The first-order chi connectivity index (χ1) is 15.0. The van der Waals surface area contributed by atoms with Crippen molar-refractivity contribution in [1.29, 1.82) is 0 Å². The lowest BCUT2D eigenvalue weighted by Crippen LogP contribution is -2.46. The zero-order chi connectivity index (χ0) is 21.5. The highest BCUT2D eigenvalue weighted by molar-refractivity contribution is 6.35. The first kappa shape index (κ1) is 20.1. The molecule has 1 atom stereocenters. The Bertz CT molecular complexity index is 1250. The number of ether oxygens (including phenoxy) is 1. The van der Waals surface area contributed by atoms with Gasteiger partial charge < -0.3 is 9.64 Å². The molecule has 4 aromatic rings. The molecule has 0 amide bonds. The van der Waals surface area contributed by atoms with Crippen LogP contribution in [-0.4, -0.2) is 32.8 Å². The number of hydrogen-bond donors (Lipinski definition) is 1. The summed E-state index contributed by atoms with van der Waals surface area (Å²) in [5.74, 6) is 1.76. The van der Waals surface area contributed by atoms with E-state index in [1.54, 1.807) is 12.4 Å². The van der Waals surface area contributed by atoms with E-state index in [-0.39, 0.29) is 6.61 Å². The molecule has 1 N–H and O–H groups in total. The van der Waals surface area contributed by atoms with Gasteiger partial charge in [0.25, 0.3) is 0 Å². The summed E-state index contributed by atoms with van der Waals surface area (Å²) in [5.41, 5.74) is 4.61. The van der Waals surface area contributed by atoms with Crippen LogP contribution in [0.15, 0.2) is 42.9 Å². The molecule has 1 saturated heterocycles. The SMILES string of the molecule is Cc1cc(-c2n[nH]c3ccc(OCc4c(Cl)cncc4Cl)cc23)cnc1N1CCC1C. The molecule has 5 rings (SSSR count). The fourth-order valence-electron chi connectivity index (χ4n) is 3.86. The van der Waals surface area contributed by atoms with Gasteiger partial charge >= 0.3 is 0 Å². The van der Waals surface area contributed by atoms with Crippen LogP contribution in [0, 0.1) is 6.92 Å². The van der Waals surface area contributed by atoms with Crippen LogP contribution < -0.4 is 9.64 Å². The van der Waals surface area contributed by atoms with E-state index < -0.39 is 0 Å². The third kappa shape index (κ3) is 3.70. The summed E-state index contributed by atoms with van der Waals surface area (Å²) in [5, 5.41) is 9.56. The van der Waals surface area contributed by atoms with Gasteiger partial charge in [-0.15, -0.1) is 0 Å². The number of halogens is 2. The number of benzene rings is 1. The molecular formula is C23H21Cl2N5O. The first-order valence-electron chi connectivity index (χ1n) is 10.1. The highest BCUT2D eigenvalue weighted by Gasteiger charge is 2.26. The van der Waals surface area contributed by atoms with Gasteiger partial charge in [-0.3, -0.25) is 10.1 Å². The normalized spacial score (nSPS) is 15.9. The molecule has 0 radical (unpaired) electrons. The van der Waals surface area contributed by atoms with E-state index in [0.29, 0.717) is 27.4 Å². The number of rotatable bonds is 5. The summed E-state index contributed by atoms with van der Waals surface area (Å²) < 4.78 is 5.97. The number of pyridine rings is 2. The summed E-state index contributed by atoms with van der Waals surface area (Å²) in [6.07, 6.45) is 6.23. The standard InChI is InChI=1S/C23H21Cl2N5O/c1-13-7-15(9-27-23(13)30-6-5-14(30)2)22-17-8-16(3-4-21(17)28-29-22)31-12-18-19(24)10-26-11-20(18)25/h3-4,7-11,14H,5-6,12H2,1-2H3,(H,28,29). The van der Waals surface area contributed by atoms with Crippen LogP contribution in [0.4, 0.5) is 5.82 Å². The summed E-state index contributed by atoms with van der Waals surface area (Å²) in [7, 11) is 0. The van der Waals surface area contributed by atoms with E-state index >= 15 is 0 Å². The van der Waals surface area contributed by atoms with Crippen molar-refractivity contribution < 1.29 is 4.74 Å². The van der Waals surface area contributed by atoms with E-state index in [4.69, 9.17) is 32.9 Å². The highest BCUT2D eigenvalue weighted by Crippen LogP contribution is 2.33. The van der Waals surface area contributed by atoms with Crippen molar-refractivity contribution >= 4 is 39.9 Å². The van der Waals surface area contributed by atoms with E-state index in [1.807, 2.05) is 24.4 Å². The number of hydrogen-bond acceptors (Lipinski definition) is 5. The van der Waals surface area contributed by atoms with E-state index in [0.717, 1.165) is 40.1 Å². The highest BCUT2D eigenvalue weighted by atomic mass is 35.5. The van der Waals surface area contributed by atoms with Gasteiger partial charge in [0, 0.05) is 47.7 Å². The van der Waals surface area contributed by atoms with Crippen LogP contribution in [0.2, 0.25) is 10.0 Å².